The molecule has 0 bridgehead atoms. The summed E-state index contributed by atoms with van der Waals surface area (Å²) in [6, 6.07) is 15.8. The third-order valence-corrected chi connectivity index (χ3v) is 4.99. The quantitative estimate of drug-likeness (QED) is 0.538. The van der Waals surface area contributed by atoms with Crippen LogP contribution in [-0.2, 0) is 11.3 Å². The van der Waals surface area contributed by atoms with Crippen LogP contribution in [0, 0.1) is 0 Å². The third-order valence-electron chi connectivity index (χ3n) is 4.99. The summed E-state index contributed by atoms with van der Waals surface area (Å²) in [5, 5.41) is 7.52. The molecule has 0 fully saturated rings. The molecule has 0 spiro atoms. The predicted octanol–water partition coefficient (Wildman–Crippen LogP) is 3.46. The fourth-order valence-corrected chi connectivity index (χ4v) is 3.38. The summed E-state index contributed by atoms with van der Waals surface area (Å²) in [5.41, 5.74) is 3.69. The van der Waals surface area contributed by atoms with E-state index in [1.807, 2.05) is 48.5 Å². The summed E-state index contributed by atoms with van der Waals surface area (Å²) < 4.78 is 1.76. The average molecular weight is 392 g/mol. The molecule has 29 heavy (non-hydrogen) atoms. The molecule has 152 valence electrons. The summed E-state index contributed by atoms with van der Waals surface area (Å²) >= 11 is 0. The fourth-order valence-electron chi connectivity index (χ4n) is 3.38. The van der Waals surface area contributed by atoms with Gasteiger partial charge in [-0.2, -0.15) is 5.10 Å². The minimum Gasteiger partial charge on any atom is -0.354 e. The lowest BCUT2D eigenvalue weighted by Crippen LogP contribution is -2.32. The summed E-state index contributed by atoms with van der Waals surface area (Å²) in [5.74, 6) is -0.0302. The number of nitrogens with zero attached hydrogens (tertiary/aromatic N) is 4. The zero-order valence-corrected chi connectivity index (χ0v) is 17.2. The number of aromatic nitrogens is 3. The van der Waals surface area contributed by atoms with Crippen molar-refractivity contribution in [3.05, 3.63) is 60.9 Å². The first-order valence-electron chi connectivity index (χ1n) is 10.2. The van der Waals surface area contributed by atoms with Gasteiger partial charge in [0.25, 0.3) is 0 Å². The number of pyridine rings is 1. The maximum atomic E-state index is 12.5. The van der Waals surface area contributed by atoms with Crippen LogP contribution in [0.1, 0.15) is 20.3 Å². The molecule has 1 N–H and O–H groups in total. The van der Waals surface area contributed by atoms with E-state index in [0.29, 0.717) is 6.54 Å². The van der Waals surface area contributed by atoms with Crippen molar-refractivity contribution in [2.24, 2.45) is 0 Å². The molecule has 6 heteroatoms. The van der Waals surface area contributed by atoms with Crippen molar-refractivity contribution >= 4 is 5.91 Å². The Morgan fingerprint density at radius 3 is 2.52 bits per heavy atom. The van der Waals surface area contributed by atoms with Crippen LogP contribution in [0.5, 0.6) is 0 Å². The first kappa shape index (κ1) is 20.7. The molecule has 1 amide bonds. The Kier molecular flexibility index (Phi) is 7.53. The molecule has 6 nitrogen and oxygen atoms in total. The number of carbonyl (C=O) groups excluding carboxylic acids is 1. The molecule has 0 radical (unpaired) electrons. The summed E-state index contributed by atoms with van der Waals surface area (Å²) in [4.78, 5) is 19.3. The molecular formula is C23H29N5O. The SMILES string of the molecule is CCN(CC)CCCNC(=O)Cn1ncc(-c2ccccn2)c1-c1ccccc1. The highest BCUT2D eigenvalue weighted by Crippen LogP contribution is 2.30. The first-order valence-corrected chi connectivity index (χ1v) is 10.2. The lowest BCUT2D eigenvalue weighted by Gasteiger charge is -2.17. The van der Waals surface area contributed by atoms with Crippen molar-refractivity contribution in [3.63, 3.8) is 0 Å². The van der Waals surface area contributed by atoms with E-state index in [1.54, 1.807) is 17.1 Å². The Labute approximate surface area is 172 Å². The predicted molar refractivity (Wildman–Crippen MR) is 116 cm³/mol. The Balaban J connectivity index is 1.72. The number of benzene rings is 1. The van der Waals surface area contributed by atoms with Gasteiger partial charge in [0.1, 0.15) is 6.54 Å². The maximum Gasteiger partial charge on any atom is 0.241 e. The normalized spacial score (nSPS) is 11.0. The molecule has 0 aliphatic heterocycles. The summed E-state index contributed by atoms with van der Waals surface area (Å²) in [7, 11) is 0. The fraction of sp³-hybridized carbons (Fsp3) is 0.348. The largest absolute Gasteiger partial charge is 0.354 e. The van der Waals surface area contributed by atoms with Gasteiger partial charge in [-0.3, -0.25) is 14.5 Å². The van der Waals surface area contributed by atoms with E-state index in [9.17, 15) is 4.79 Å². The van der Waals surface area contributed by atoms with Gasteiger partial charge in [0.15, 0.2) is 0 Å². The minimum absolute atomic E-state index is 0.0302. The van der Waals surface area contributed by atoms with E-state index in [-0.39, 0.29) is 12.5 Å². The molecule has 3 aromatic rings. The Morgan fingerprint density at radius 2 is 1.83 bits per heavy atom. The van der Waals surface area contributed by atoms with Crippen LogP contribution in [0.25, 0.3) is 22.5 Å². The number of hydrogen-bond donors (Lipinski definition) is 1. The molecule has 2 aromatic heterocycles. The standard InChI is InChI=1S/C23H29N5O/c1-3-27(4-2)16-10-15-25-22(29)18-28-23(19-11-6-5-7-12-19)20(17-26-28)21-13-8-9-14-24-21/h5-9,11-14,17H,3-4,10,15-16,18H2,1-2H3,(H,25,29). The Bertz CT molecular complexity index is 888. The number of hydrogen-bond acceptors (Lipinski definition) is 4. The van der Waals surface area contributed by atoms with Gasteiger partial charge in [0.05, 0.1) is 17.6 Å². The van der Waals surface area contributed by atoms with Crippen molar-refractivity contribution in [2.45, 2.75) is 26.8 Å². The number of nitrogens with one attached hydrogen (secondary N) is 1. The van der Waals surface area contributed by atoms with E-state index in [0.717, 1.165) is 48.6 Å². The second-order valence-electron chi connectivity index (χ2n) is 6.88. The lowest BCUT2D eigenvalue weighted by molar-refractivity contribution is -0.121. The van der Waals surface area contributed by atoms with Gasteiger partial charge >= 0.3 is 0 Å². The molecular weight excluding hydrogens is 362 g/mol. The molecule has 0 unspecified atom stereocenters. The van der Waals surface area contributed by atoms with Gasteiger partial charge in [-0.05, 0) is 38.2 Å². The topological polar surface area (TPSA) is 63.1 Å². The highest BCUT2D eigenvalue weighted by atomic mass is 16.2. The summed E-state index contributed by atoms with van der Waals surface area (Å²) in [6.45, 7) is 8.23. The van der Waals surface area contributed by atoms with E-state index in [1.165, 1.54) is 0 Å². The van der Waals surface area contributed by atoms with Crippen LogP contribution >= 0.6 is 0 Å². The van der Waals surface area contributed by atoms with Gasteiger partial charge in [-0.1, -0.05) is 50.2 Å². The van der Waals surface area contributed by atoms with Gasteiger partial charge in [0.2, 0.25) is 5.91 Å². The molecule has 0 atom stereocenters. The number of rotatable bonds is 10. The van der Waals surface area contributed by atoms with Crippen LogP contribution in [0.3, 0.4) is 0 Å². The van der Waals surface area contributed by atoms with Crippen LogP contribution in [0.2, 0.25) is 0 Å². The van der Waals surface area contributed by atoms with Gasteiger partial charge in [-0.15, -0.1) is 0 Å². The summed E-state index contributed by atoms with van der Waals surface area (Å²) in [6.07, 6.45) is 4.50. The van der Waals surface area contributed by atoms with E-state index in [4.69, 9.17) is 0 Å². The second-order valence-corrected chi connectivity index (χ2v) is 6.88. The van der Waals surface area contributed by atoms with Crippen molar-refractivity contribution in [1.82, 2.24) is 25.0 Å². The molecule has 0 aliphatic carbocycles. The maximum absolute atomic E-state index is 12.5. The molecule has 1 aromatic carbocycles. The number of carbonyl (C=O) groups is 1. The minimum atomic E-state index is -0.0302. The van der Waals surface area contributed by atoms with Crippen LogP contribution in [0.15, 0.2) is 60.9 Å². The molecule has 0 saturated heterocycles. The molecule has 3 rings (SSSR count). The zero-order valence-electron chi connectivity index (χ0n) is 17.2. The third kappa shape index (κ3) is 5.51. The molecule has 2 heterocycles. The Hall–Kier alpha value is -2.99. The van der Waals surface area contributed by atoms with E-state index >= 15 is 0 Å². The van der Waals surface area contributed by atoms with Gasteiger partial charge in [-0.25, -0.2) is 0 Å². The highest BCUT2D eigenvalue weighted by molar-refractivity contribution is 5.81. The first-order chi connectivity index (χ1) is 14.2. The van der Waals surface area contributed by atoms with Crippen molar-refractivity contribution in [3.8, 4) is 22.5 Å². The van der Waals surface area contributed by atoms with E-state index < -0.39 is 0 Å². The van der Waals surface area contributed by atoms with Gasteiger partial charge in [0, 0.05) is 23.9 Å². The van der Waals surface area contributed by atoms with E-state index in [2.05, 4.69) is 34.1 Å². The smallest absolute Gasteiger partial charge is 0.241 e. The lowest BCUT2D eigenvalue weighted by atomic mass is 10.1. The number of amides is 1. The second kappa shape index (κ2) is 10.5. The van der Waals surface area contributed by atoms with Crippen molar-refractivity contribution in [2.75, 3.05) is 26.2 Å². The van der Waals surface area contributed by atoms with Gasteiger partial charge < -0.3 is 10.2 Å². The molecule has 0 aliphatic rings. The zero-order chi connectivity index (χ0) is 20.5. The van der Waals surface area contributed by atoms with Crippen LogP contribution < -0.4 is 5.32 Å². The average Bonchev–Trinajstić information content (AvgIpc) is 3.18. The van der Waals surface area contributed by atoms with Crippen LogP contribution in [0.4, 0.5) is 0 Å². The van der Waals surface area contributed by atoms with Crippen molar-refractivity contribution < 1.29 is 4.79 Å². The monoisotopic (exact) mass is 391 g/mol. The molecule has 0 saturated carbocycles. The van der Waals surface area contributed by atoms with Crippen LogP contribution in [-0.4, -0.2) is 51.8 Å². The Morgan fingerprint density at radius 1 is 1.07 bits per heavy atom. The van der Waals surface area contributed by atoms with Crippen molar-refractivity contribution in [1.29, 1.82) is 0 Å². The highest BCUT2D eigenvalue weighted by Gasteiger charge is 2.17.